The van der Waals surface area contributed by atoms with Gasteiger partial charge in [-0.3, -0.25) is 4.99 Å². The standard InChI is InChI=1S/C23H14Cl2N4/c24-17-7-4-8-18(25)22(17)26-13-15-12-11-14-5-3-6-16(21(14)27-15)23-28-19-9-1-2-10-20(19)29-23/h1-13H,(H,28,29). The van der Waals surface area contributed by atoms with Crippen LogP contribution in [0.2, 0.25) is 10.0 Å². The first kappa shape index (κ1) is 17.9. The molecule has 0 saturated heterocycles. The highest BCUT2D eigenvalue weighted by Gasteiger charge is 2.10. The summed E-state index contributed by atoms with van der Waals surface area (Å²) in [4.78, 5) is 17.3. The minimum atomic E-state index is 0.498. The third kappa shape index (κ3) is 3.37. The molecule has 6 heteroatoms. The van der Waals surface area contributed by atoms with E-state index in [-0.39, 0.29) is 0 Å². The molecule has 0 unspecified atom stereocenters. The van der Waals surface area contributed by atoms with Crippen LogP contribution in [0.3, 0.4) is 0 Å². The molecule has 1 N–H and O–H groups in total. The van der Waals surface area contributed by atoms with E-state index in [1.165, 1.54) is 0 Å². The van der Waals surface area contributed by atoms with Crippen LogP contribution in [0.1, 0.15) is 5.69 Å². The van der Waals surface area contributed by atoms with Crippen LogP contribution in [0.5, 0.6) is 0 Å². The molecule has 140 valence electrons. The van der Waals surface area contributed by atoms with Crippen molar-refractivity contribution in [2.45, 2.75) is 0 Å². The molecule has 0 radical (unpaired) electrons. The molecule has 0 aliphatic rings. The Bertz CT molecular complexity index is 1340. The molecule has 0 spiro atoms. The van der Waals surface area contributed by atoms with Crippen molar-refractivity contribution in [2.24, 2.45) is 4.99 Å². The second-order valence-electron chi connectivity index (χ2n) is 6.54. The van der Waals surface area contributed by atoms with Crippen LogP contribution in [0.25, 0.3) is 33.3 Å². The smallest absolute Gasteiger partial charge is 0.140 e. The fourth-order valence-corrected chi connectivity index (χ4v) is 3.74. The van der Waals surface area contributed by atoms with E-state index < -0.39 is 0 Å². The lowest BCUT2D eigenvalue weighted by atomic mass is 10.1. The number of halogens is 2. The summed E-state index contributed by atoms with van der Waals surface area (Å²) in [5.41, 5.74) is 4.93. The molecule has 0 aliphatic heterocycles. The van der Waals surface area contributed by atoms with Crippen LogP contribution in [0, 0.1) is 0 Å². The van der Waals surface area contributed by atoms with E-state index >= 15 is 0 Å². The molecule has 0 saturated carbocycles. The van der Waals surface area contributed by atoms with E-state index in [9.17, 15) is 0 Å². The van der Waals surface area contributed by atoms with Gasteiger partial charge in [0.15, 0.2) is 0 Å². The van der Waals surface area contributed by atoms with Gasteiger partial charge in [-0.05, 0) is 36.4 Å². The maximum atomic E-state index is 6.20. The molecule has 4 nitrogen and oxygen atoms in total. The number of aromatic nitrogens is 3. The minimum absolute atomic E-state index is 0.498. The van der Waals surface area contributed by atoms with E-state index in [4.69, 9.17) is 33.2 Å². The monoisotopic (exact) mass is 416 g/mol. The first-order valence-corrected chi connectivity index (χ1v) is 9.77. The third-order valence-corrected chi connectivity index (χ3v) is 5.26. The molecular weight excluding hydrogens is 403 g/mol. The Morgan fingerprint density at radius 1 is 0.793 bits per heavy atom. The Balaban J connectivity index is 1.61. The molecule has 0 bridgehead atoms. The second-order valence-corrected chi connectivity index (χ2v) is 7.36. The number of hydrogen-bond donors (Lipinski definition) is 1. The number of hydrogen-bond acceptors (Lipinski definition) is 3. The summed E-state index contributed by atoms with van der Waals surface area (Å²) < 4.78 is 0. The molecule has 5 rings (SSSR count). The zero-order chi connectivity index (χ0) is 19.8. The van der Waals surface area contributed by atoms with Crippen molar-refractivity contribution in [3.8, 4) is 11.4 Å². The molecule has 0 atom stereocenters. The number of nitrogens with zero attached hydrogens (tertiary/aromatic N) is 3. The van der Waals surface area contributed by atoms with Crippen molar-refractivity contribution < 1.29 is 0 Å². The molecule has 2 heterocycles. The summed E-state index contributed by atoms with van der Waals surface area (Å²) in [5, 5.41) is 2.02. The van der Waals surface area contributed by atoms with Crippen molar-refractivity contribution in [1.29, 1.82) is 0 Å². The zero-order valence-corrected chi connectivity index (χ0v) is 16.6. The average molecular weight is 417 g/mol. The number of nitrogens with one attached hydrogen (secondary N) is 1. The number of aliphatic imine (C=N–C) groups is 1. The van der Waals surface area contributed by atoms with Gasteiger partial charge >= 0.3 is 0 Å². The van der Waals surface area contributed by atoms with Crippen LogP contribution in [0.4, 0.5) is 5.69 Å². The fourth-order valence-electron chi connectivity index (χ4n) is 3.25. The molecule has 0 fully saturated rings. The van der Waals surface area contributed by atoms with Crippen molar-refractivity contribution in [3.63, 3.8) is 0 Å². The minimum Gasteiger partial charge on any atom is -0.338 e. The lowest BCUT2D eigenvalue weighted by molar-refractivity contribution is 1.32. The summed E-state index contributed by atoms with van der Waals surface area (Å²) in [7, 11) is 0. The van der Waals surface area contributed by atoms with Gasteiger partial charge in [-0.2, -0.15) is 0 Å². The van der Waals surface area contributed by atoms with E-state index in [1.807, 2.05) is 54.6 Å². The first-order valence-electron chi connectivity index (χ1n) is 9.02. The van der Waals surface area contributed by atoms with Gasteiger partial charge in [0.2, 0.25) is 0 Å². The van der Waals surface area contributed by atoms with E-state index in [0.717, 1.165) is 33.3 Å². The van der Waals surface area contributed by atoms with Crippen LogP contribution < -0.4 is 0 Å². The Kier molecular flexibility index (Phi) is 4.51. The molecule has 0 amide bonds. The van der Waals surface area contributed by atoms with Crippen LogP contribution in [-0.4, -0.2) is 21.2 Å². The van der Waals surface area contributed by atoms with Crippen LogP contribution >= 0.6 is 23.2 Å². The Morgan fingerprint density at radius 2 is 1.59 bits per heavy atom. The molecule has 5 aromatic rings. The quantitative estimate of drug-likeness (QED) is 0.327. The summed E-state index contributed by atoms with van der Waals surface area (Å²) in [6.45, 7) is 0. The van der Waals surface area contributed by atoms with Gasteiger partial charge in [-0.15, -0.1) is 0 Å². The molecular formula is C23H14Cl2N4. The highest BCUT2D eigenvalue weighted by atomic mass is 35.5. The number of imidazole rings is 1. The maximum absolute atomic E-state index is 6.20. The number of benzene rings is 3. The third-order valence-electron chi connectivity index (χ3n) is 4.65. The largest absolute Gasteiger partial charge is 0.338 e. The van der Waals surface area contributed by atoms with Crippen molar-refractivity contribution >= 4 is 57.0 Å². The lowest BCUT2D eigenvalue weighted by Crippen LogP contribution is -1.92. The van der Waals surface area contributed by atoms with Crippen molar-refractivity contribution in [1.82, 2.24) is 15.0 Å². The predicted octanol–water partition coefficient (Wildman–Crippen LogP) is 6.84. The maximum Gasteiger partial charge on any atom is 0.140 e. The van der Waals surface area contributed by atoms with Gasteiger partial charge in [0.25, 0.3) is 0 Å². The topological polar surface area (TPSA) is 53.9 Å². The van der Waals surface area contributed by atoms with Crippen molar-refractivity contribution in [2.75, 3.05) is 0 Å². The number of para-hydroxylation sites is 4. The van der Waals surface area contributed by atoms with Gasteiger partial charge in [-0.25, -0.2) is 9.97 Å². The molecule has 0 aliphatic carbocycles. The predicted molar refractivity (Wildman–Crippen MR) is 121 cm³/mol. The average Bonchev–Trinajstić information content (AvgIpc) is 3.17. The van der Waals surface area contributed by atoms with E-state index in [2.05, 4.69) is 9.98 Å². The van der Waals surface area contributed by atoms with Gasteiger partial charge in [0.1, 0.15) is 11.5 Å². The van der Waals surface area contributed by atoms with E-state index in [1.54, 1.807) is 24.4 Å². The SMILES string of the molecule is Clc1cccc(Cl)c1N=Cc1ccc2cccc(-c3nc4ccccc4[nH]3)c2n1. The lowest BCUT2D eigenvalue weighted by Gasteiger charge is -2.05. The Labute approximate surface area is 176 Å². The van der Waals surface area contributed by atoms with Crippen LogP contribution in [0.15, 0.2) is 77.8 Å². The summed E-state index contributed by atoms with van der Waals surface area (Å²) in [6.07, 6.45) is 1.67. The molecule has 3 aromatic carbocycles. The van der Waals surface area contributed by atoms with Crippen LogP contribution in [-0.2, 0) is 0 Å². The number of aromatic amines is 1. The number of pyridine rings is 1. The fraction of sp³-hybridized carbons (Fsp3) is 0. The van der Waals surface area contributed by atoms with Crippen molar-refractivity contribution in [3.05, 3.63) is 88.5 Å². The zero-order valence-electron chi connectivity index (χ0n) is 15.1. The Morgan fingerprint density at radius 3 is 2.41 bits per heavy atom. The summed E-state index contributed by atoms with van der Waals surface area (Å²) in [6, 6.07) is 23.2. The molecule has 2 aromatic heterocycles. The Hall–Kier alpha value is -3.21. The van der Waals surface area contributed by atoms with E-state index in [0.29, 0.717) is 21.4 Å². The highest BCUT2D eigenvalue weighted by molar-refractivity contribution is 6.38. The van der Waals surface area contributed by atoms with Gasteiger partial charge in [0.05, 0.1) is 38.5 Å². The number of H-pyrrole nitrogens is 1. The number of fused-ring (bicyclic) bond motifs is 2. The first-order chi connectivity index (χ1) is 14.2. The number of rotatable bonds is 3. The summed E-state index contributed by atoms with van der Waals surface area (Å²) >= 11 is 12.4. The molecule has 29 heavy (non-hydrogen) atoms. The normalized spacial score (nSPS) is 11.7. The van der Waals surface area contributed by atoms with Gasteiger partial charge in [0, 0.05) is 10.9 Å². The van der Waals surface area contributed by atoms with Gasteiger partial charge in [-0.1, -0.05) is 59.6 Å². The van der Waals surface area contributed by atoms with Gasteiger partial charge < -0.3 is 4.98 Å². The highest BCUT2D eigenvalue weighted by Crippen LogP contribution is 2.32. The summed E-state index contributed by atoms with van der Waals surface area (Å²) in [5.74, 6) is 0.785. The second kappa shape index (κ2) is 7.32.